The molecule has 0 spiro atoms. The minimum Gasteiger partial charge on any atom is -0.372 e. The molecule has 0 aromatic heterocycles. The number of nitrogens with zero attached hydrogens (tertiary/aromatic N) is 3. The minimum absolute atomic E-state index is 0.0823. The topological polar surface area (TPSA) is 38.8 Å². The monoisotopic (exact) mass is 360 g/mol. The lowest BCUT2D eigenvalue weighted by molar-refractivity contribution is 0.194. The van der Waals surface area contributed by atoms with Crippen molar-refractivity contribution in [3.05, 3.63) is 23.8 Å². The lowest BCUT2D eigenvalue weighted by atomic mass is 10.1. The van der Waals surface area contributed by atoms with Crippen molar-refractivity contribution < 1.29 is 4.79 Å². The molecule has 1 heterocycles. The molecule has 5 nitrogen and oxygen atoms in total. The molecule has 1 saturated heterocycles. The van der Waals surface area contributed by atoms with Crippen molar-refractivity contribution in [2.45, 2.75) is 41.0 Å². The minimum atomic E-state index is 0.0823. The Morgan fingerprint density at radius 1 is 1.15 bits per heavy atom. The van der Waals surface area contributed by atoms with E-state index in [-0.39, 0.29) is 6.03 Å². The molecule has 1 N–H and O–H groups in total. The zero-order chi connectivity index (χ0) is 19.1. The number of aryl methyl sites for hydroxylation is 1. The standard InChI is InChI=1S/C21H36N4O/c1-6-23(7-2)19-8-9-20(18(5)16-19)24-12-14-25(15-13-24)21(26)22-11-10-17(3)4/h8-9,16-17H,6-7,10-15H2,1-5H3,(H,22,26). The molecule has 2 rings (SSSR count). The van der Waals surface area contributed by atoms with Gasteiger partial charge < -0.3 is 20.0 Å². The average molecular weight is 361 g/mol. The summed E-state index contributed by atoms with van der Waals surface area (Å²) in [6.45, 7) is 17.1. The summed E-state index contributed by atoms with van der Waals surface area (Å²) < 4.78 is 0. The second kappa shape index (κ2) is 9.70. The molecule has 1 aliphatic heterocycles. The van der Waals surface area contributed by atoms with E-state index in [1.165, 1.54) is 16.9 Å². The Kier molecular flexibility index (Phi) is 7.61. The predicted octanol–water partition coefficient (Wildman–Crippen LogP) is 3.72. The van der Waals surface area contributed by atoms with Crippen LogP contribution < -0.4 is 15.1 Å². The predicted molar refractivity (Wildman–Crippen MR) is 111 cm³/mol. The van der Waals surface area contributed by atoms with E-state index in [1.54, 1.807) is 0 Å². The number of nitrogens with one attached hydrogen (secondary N) is 1. The second-order valence-corrected chi connectivity index (χ2v) is 7.53. The van der Waals surface area contributed by atoms with Crippen LogP contribution in [0.2, 0.25) is 0 Å². The van der Waals surface area contributed by atoms with Gasteiger partial charge in [-0.05, 0) is 56.9 Å². The van der Waals surface area contributed by atoms with Crippen LogP contribution in [0.1, 0.15) is 39.7 Å². The van der Waals surface area contributed by atoms with Crippen LogP contribution in [0.15, 0.2) is 18.2 Å². The van der Waals surface area contributed by atoms with E-state index >= 15 is 0 Å². The summed E-state index contributed by atoms with van der Waals surface area (Å²) in [5.41, 5.74) is 3.89. The fourth-order valence-electron chi connectivity index (χ4n) is 3.51. The number of benzene rings is 1. The molecule has 0 bridgehead atoms. The molecule has 1 aromatic rings. The number of carbonyl (C=O) groups is 1. The number of carbonyl (C=O) groups excluding carboxylic acids is 1. The van der Waals surface area contributed by atoms with Gasteiger partial charge in [-0.1, -0.05) is 13.8 Å². The summed E-state index contributed by atoms with van der Waals surface area (Å²) in [5.74, 6) is 0.620. The highest BCUT2D eigenvalue weighted by molar-refractivity contribution is 5.74. The summed E-state index contributed by atoms with van der Waals surface area (Å²) >= 11 is 0. The van der Waals surface area contributed by atoms with Crippen molar-refractivity contribution in [2.75, 3.05) is 55.6 Å². The van der Waals surface area contributed by atoms with Crippen LogP contribution in [0, 0.1) is 12.8 Å². The van der Waals surface area contributed by atoms with Gasteiger partial charge in [0.15, 0.2) is 0 Å². The van der Waals surface area contributed by atoms with E-state index in [2.05, 4.69) is 67.9 Å². The molecule has 26 heavy (non-hydrogen) atoms. The van der Waals surface area contributed by atoms with E-state index in [4.69, 9.17) is 0 Å². The molecule has 0 saturated carbocycles. The fourth-order valence-corrected chi connectivity index (χ4v) is 3.51. The number of piperazine rings is 1. The van der Waals surface area contributed by atoms with E-state index in [0.29, 0.717) is 5.92 Å². The molecule has 0 aliphatic carbocycles. The van der Waals surface area contributed by atoms with Crippen molar-refractivity contribution in [1.29, 1.82) is 0 Å². The van der Waals surface area contributed by atoms with Gasteiger partial charge in [-0.25, -0.2) is 4.79 Å². The maximum absolute atomic E-state index is 12.3. The summed E-state index contributed by atoms with van der Waals surface area (Å²) in [5, 5.41) is 3.05. The number of rotatable bonds is 7. The van der Waals surface area contributed by atoms with Gasteiger partial charge in [-0.15, -0.1) is 0 Å². The van der Waals surface area contributed by atoms with Crippen LogP contribution in [0.4, 0.5) is 16.2 Å². The SMILES string of the molecule is CCN(CC)c1ccc(N2CCN(C(=O)NCCC(C)C)CC2)c(C)c1. The molecule has 1 aromatic carbocycles. The van der Waals surface area contributed by atoms with Crippen LogP contribution in [0.25, 0.3) is 0 Å². The van der Waals surface area contributed by atoms with Gasteiger partial charge in [-0.3, -0.25) is 0 Å². The Hall–Kier alpha value is -1.91. The summed E-state index contributed by atoms with van der Waals surface area (Å²) in [6.07, 6.45) is 1.03. The lowest BCUT2D eigenvalue weighted by Crippen LogP contribution is -2.52. The van der Waals surface area contributed by atoms with Gasteiger partial charge in [0.25, 0.3) is 0 Å². The Labute approximate surface area is 159 Å². The Morgan fingerprint density at radius 2 is 1.81 bits per heavy atom. The van der Waals surface area contributed by atoms with Gasteiger partial charge in [0, 0.05) is 57.2 Å². The Bertz CT molecular complexity index is 575. The van der Waals surface area contributed by atoms with E-state index in [9.17, 15) is 4.79 Å². The van der Waals surface area contributed by atoms with E-state index < -0.39 is 0 Å². The molecular weight excluding hydrogens is 324 g/mol. The zero-order valence-corrected chi connectivity index (χ0v) is 17.2. The molecule has 1 aliphatic rings. The summed E-state index contributed by atoms with van der Waals surface area (Å²) in [6, 6.07) is 6.83. The van der Waals surface area contributed by atoms with Crippen LogP contribution >= 0.6 is 0 Å². The molecule has 146 valence electrons. The second-order valence-electron chi connectivity index (χ2n) is 7.53. The third-order valence-electron chi connectivity index (χ3n) is 5.21. The van der Waals surface area contributed by atoms with Crippen molar-refractivity contribution >= 4 is 17.4 Å². The van der Waals surface area contributed by atoms with E-state index in [0.717, 1.165) is 52.2 Å². The largest absolute Gasteiger partial charge is 0.372 e. The number of urea groups is 1. The Morgan fingerprint density at radius 3 is 2.35 bits per heavy atom. The molecule has 0 atom stereocenters. The van der Waals surface area contributed by atoms with Crippen molar-refractivity contribution in [1.82, 2.24) is 10.2 Å². The Balaban J connectivity index is 1.90. The molecule has 1 fully saturated rings. The van der Waals surface area contributed by atoms with Gasteiger partial charge in [0.05, 0.1) is 0 Å². The highest BCUT2D eigenvalue weighted by Gasteiger charge is 2.22. The third-order valence-corrected chi connectivity index (χ3v) is 5.21. The third kappa shape index (κ3) is 5.29. The van der Waals surface area contributed by atoms with Gasteiger partial charge >= 0.3 is 6.03 Å². The first kappa shape index (κ1) is 20.4. The van der Waals surface area contributed by atoms with Crippen LogP contribution in [0.3, 0.4) is 0 Å². The first-order valence-electron chi connectivity index (χ1n) is 10.1. The first-order valence-corrected chi connectivity index (χ1v) is 10.1. The smallest absolute Gasteiger partial charge is 0.317 e. The number of anilines is 2. The van der Waals surface area contributed by atoms with E-state index in [1.807, 2.05) is 4.90 Å². The number of hydrogen-bond acceptors (Lipinski definition) is 3. The van der Waals surface area contributed by atoms with Crippen molar-refractivity contribution in [3.63, 3.8) is 0 Å². The first-order chi connectivity index (χ1) is 12.5. The summed E-state index contributed by atoms with van der Waals surface area (Å²) in [4.78, 5) is 19.0. The highest BCUT2D eigenvalue weighted by atomic mass is 16.2. The molecule has 5 heteroatoms. The lowest BCUT2D eigenvalue weighted by Gasteiger charge is -2.37. The quantitative estimate of drug-likeness (QED) is 0.805. The van der Waals surface area contributed by atoms with Crippen LogP contribution in [0.5, 0.6) is 0 Å². The molecule has 0 radical (unpaired) electrons. The average Bonchev–Trinajstić information content (AvgIpc) is 2.63. The van der Waals surface area contributed by atoms with Gasteiger partial charge in [0.2, 0.25) is 0 Å². The normalized spacial score (nSPS) is 14.7. The number of amides is 2. The van der Waals surface area contributed by atoms with Gasteiger partial charge in [0.1, 0.15) is 0 Å². The highest BCUT2D eigenvalue weighted by Crippen LogP contribution is 2.26. The van der Waals surface area contributed by atoms with Crippen molar-refractivity contribution in [2.24, 2.45) is 5.92 Å². The van der Waals surface area contributed by atoms with Gasteiger partial charge in [-0.2, -0.15) is 0 Å². The van der Waals surface area contributed by atoms with Crippen molar-refractivity contribution in [3.8, 4) is 0 Å². The summed E-state index contributed by atoms with van der Waals surface area (Å²) in [7, 11) is 0. The maximum atomic E-state index is 12.3. The molecule has 2 amide bonds. The zero-order valence-electron chi connectivity index (χ0n) is 17.2. The van der Waals surface area contributed by atoms with Crippen LogP contribution in [-0.4, -0.2) is 56.7 Å². The fraction of sp³-hybridized carbons (Fsp3) is 0.667. The van der Waals surface area contributed by atoms with Crippen LogP contribution in [-0.2, 0) is 0 Å². The maximum Gasteiger partial charge on any atom is 0.317 e. The molecule has 0 unspecified atom stereocenters. The molecular formula is C21H36N4O. The number of hydrogen-bond donors (Lipinski definition) is 1.